The van der Waals surface area contributed by atoms with E-state index in [-0.39, 0.29) is 25.7 Å². The zero-order valence-corrected chi connectivity index (χ0v) is 69.0. The Morgan fingerprint density at radius 3 is 0.696 bits per heavy atom. The predicted octanol–water partition coefficient (Wildman–Crippen LogP) is 24.8. The number of ether oxygens (including phenoxy) is 4. The van der Waals surface area contributed by atoms with Gasteiger partial charge in [-0.1, -0.05) is 376 Å². The highest BCUT2D eigenvalue weighted by Crippen LogP contribution is 2.45. The van der Waals surface area contributed by atoms with Crippen molar-refractivity contribution in [2.45, 2.75) is 446 Å². The van der Waals surface area contributed by atoms with Crippen molar-refractivity contribution in [3.05, 3.63) is 0 Å². The molecule has 0 aliphatic carbocycles. The molecule has 17 nitrogen and oxygen atoms in total. The molecule has 0 spiro atoms. The SMILES string of the molecule is CCC(C)CCCCCCCCCCCCCCCCCCCCC(=O)O[C@H](COC(=O)CCCCCCCCCCCCCCCC(C)C)COP(=O)(O)OC[C@@H](O)COP(=O)(O)OC[C@@H](COC(=O)CCCCCCCCC(C)CC)OC(=O)CCCCCCCCCCCCCC(C)C. The van der Waals surface area contributed by atoms with Crippen LogP contribution in [-0.4, -0.2) is 96.7 Å². The average Bonchev–Trinajstić information content (AvgIpc) is 0.904. The van der Waals surface area contributed by atoms with Crippen LogP contribution in [-0.2, 0) is 65.4 Å². The third-order valence-electron chi connectivity index (χ3n) is 20.0. The molecule has 0 aliphatic rings. The van der Waals surface area contributed by atoms with Gasteiger partial charge in [0.1, 0.15) is 19.3 Å². The minimum absolute atomic E-state index is 0.105. The van der Waals surface area contributed by atoms with Crippen LogP contribution in [0.2, 0.25) is 0 Å². The number of phosphoric acid groups is 2. The quantitative estimate of drug-likeness (QED) is 0.0222. The van der Waals surface area contributed by atoms with Gasteiger partial charge in [-0.05, 0) is 49.4 Å². The summed E-state index contributed by atoms with van der Waals surface area (Å²) in [6.45, 7) is 14.3. The molecule has 0 amide bonds. The van der Waals surface area contributed by atoms with E-state index in [1.165, 1.54) is 225 Å². The van der Waals surface area contributed by atoms with Gasteiger partial charge in [0.25, 0.3) is 0 Å². The fraction of sp³-hybridized carbons (Fsp3) is 0.952. The number of carbonyl (C=O) groups is 4. The molecule has 0 saturated heterocycles. The first-order chi connectivity index (χ1) is 49.2. The lowest BCUT2D eigenvalue weighted by atomic mass is 9.99. The van der Waals surface area contributed by atoms with Gasteiger partial charge in [-0.15, -0.1) is 0 Å². The van der Waals surface area contributed by atoms with Gasteiger partial charge in [0.2, 0.25) is 0 Å². The normalized spacial score (nSPS) is 14.5. The second kappa shape index (κ2) is 72.0. The van der Waals surface area contributed by atoms with E-state index >= 15 is 0 Å². The number of phosphoric ester groups is 2. The van der Waals surface area contributed by atoms with E-state index in [0.29, 0.717) is 25.7 Å². The van der Waals surface area contributed by atoms with Crippen molar-refractivity contribution in [1.29, 1.82) is 0 Å². The molecular formula is C83H162O17P2. The minimum atomic E-state index is -4.96. The van der Waals surface area contributed by atoms with E-state index < -0.39 is 97.5 Å². The van der Waals surface area contributed by atoms with Gasteiger partial charge in [0.05, 0.1) is 26.4 Å². The molecule has 0 heterocycles. The molecule has 606 valence electrons. The lowest BCUT2D eigenvalue weighted by molar-refractivity contribution is -0.161. The molecule has 0 saturated carbocycles. The molecular weight excluding hydrogens is 1330 g/mol. The predicted molar refractivity (Wildman–Crippen MR) is 418 cm³/mol. The summed E-state index contributed by atoms with van der Waals surface area (Å²) in [7, 11) is -9.92. The van der Waals surface area contributed by atoms with Gasteiger partial charge >= 0.3 is 39.5 Å². The molecule has 0 rings (SSSR count). The third kappa shape index (κ3) is 73.6. The molecule has 0 aromatic rings. The zero-order valence-electron chi connectivity index (χ0n) is 67.2. The van der Waals surface area contributed by atoms with Crippen LogP contribution < -0.4 is 0 Å². The van der Waals surface area contributed by atoms with E-state index in [9.17, 15) is 43.2 Å². The molecule has 4 unspecified atom stereocenters. The second-order valence-electron chi connectivity index (χ2n) is 31.3. The lowest BCUT2D eigenvalue weighted by Crippen LogP contribution is -2.30. The first-order valence-electron chi connectivity index (χ1n) is 42.8. The van der Waals surface area contributed by atoms with Crippen LogP contribution >= 0.6 is 15.6 Å². The summed E-state index contributed by atoms with van der Waals surface area (Å²) in [5.74, 6) is 1.05. The number of hydrogen-bond donors (Lipinski definition) is 3. The van der Waals surface area contributed by atoms with E-state index in [1.54, 1.807) is 0 Å². The first-order valence-corrected chi connectivity index (χ1v) is 45.8. The van der Waals surface area contributed by atoms with Crippen molar-refractivity contribution in [2.75, 3.05) is 39.6 Å². The van der Waals surface area contributed by atoms with E-state index in [0.717, 1.165) is 120 Å². The van der Waals surface area contributed by atoms with Gasteiger partial charge in [-0.2, -0.15) is 0 Å². The highest BCUT2D eigenvalue weighted by Gasteiger charge is 2.30. The Bertz CT molecular complexity index is 1990. The van der Waals surface area contributed by atoms with Gasteiger partial charge in [0, 0.05) is 25.7 Å². The number of rotatable bonds is 80. The Hall–Kier alpha value is -1.94. The number of aliphatic hydroxyl groups excluding tert-OH is 1. The molecule has 0 aromatic carbocycles. The summed E-state index contributed by atoms with van der Waals surface area (Å²) in [5, 5.41) is 10.7. The van der Waals surface area contributed by atoms with Crippen molar-refractivity contribution >= 4 is 39.5 Å². The van der Waals surface area contributed by atoms with Crippen LogP contribution in [0.15, 0.2) is 0 Å². The second-order valence-corrected chi connectivity index (χ2v) is 34.2. The van der Waals surface area contributed by atoms with E-state index in [4.69, 9.17) is 37.0 Å². The van der Waals surface area contributed by atoms with Crippen LogP contribution in [0.25, 0.3) is 0 Å². The average molecular weight is 1490 g/mol. The molecule has 3 N–H and O–H groups in total. The third-order valence-corrected chi connectivity index (χ3v) is 21.9. The first kappa shape index (κ1) is 100. The van der Waals surface area contributed by atoms with Crippen molar-refractivity contribution < 1.29 is 80.2 Å². The van der Waals surface area contributed by atoms with E-state index in [2.05, 4.69) is 55.4 Å². The molecule has 0 fully saturated rings. The maximum Gasteiger partial charge on any atom is 0.472 e. The summed E-state index contributed by atoms with van der Waals surface area (Å²) in [5.41, 5.74) is 0. The Morgan fingerprint density at radius 1 is 0.275 bits per heavy atom. The zero-order chi connectivity index (χ0) is 75.3. The minimum Gasteiger partial charge on any atom is -0.462 e. The monoisotopic (exact) mass is 1490 g/mol. The molecule has 7 atom stereocenters. The van der Waals surface area contributed by atoms with Crippen LogP contribution in [0, 0.1) is 23.7 Å². The Morgan fingerprint density at radius 2 is 0.471 bits per heavy atom. The highest BCUT2D eigenvalue weighted by atomic mass is 31.2. The van der Waals surface area contributed by atoms with Crippen LogP contribution in [0.4, 0.5) is 0 Å². The Labute approximate surface area is 626 Å². The van der Waals surface area contributed by atoms with Crippen molar-refractivity contribution in [3.8, 4) is 0 Å². The Balaban J connectivity index is 5.23. The molecule has 0 aliphatic heterocycles. The fourth-order valence-corrected chi connectivity index (χ4v) is 14.3. The van der Waals surface area contributed by atoms with Gasteiger partial charge in [-0.3, -0.25) is 37.3 Å². The number of hydrogen-bond acceptors (Lipinski definition) is 15. The molecule has 0 bridgehead atoms. The molecule has 19 heteroatoms. The standard InChI is InChI=1S/C83H162O17P2/c1-9-75(7)61-53-45-37-31-25-19-15-13-11-12-14-16-20-27-33-39-49-57-65-82(87)99-78(69-93-80(85)63-55-47-38-32-26-21-17-18-23-29-35-43-51-59-73(3)4)71-97-101(89,90)95-67-77(84)68-96-102(91,92)98-72-79(70-94-81(86)64-56-48-42-41-46-54-62-76(8)10-2)100-83(88)66-58-50-40-34-28-22-24-30-36-44-52-60-74(5)6/h73-79,84H,9-72H2,1-8H3,(H,89,90)(H,91,92)/t75?,76?,77-,78-,79-/m1/s1. The number of carbonyl (C=O) groups excluding carboxylic acids is 4. The van der Waals surface area contributed by atoms with Crippen molar-refractivity contribution in [2.24, 2.45) is 23.7 Å². The van der Waals surface area contributed by atoms with Crippen molar-refractivity contribution in [1.82, 2.24) is 0 Å². The maximum atomic E-state index is 13.1. The summed E-state index contributed by atoms with van der Waals surface area (Å²) < 4.78 is 68.8. The van der Waals surface area contributed by atoms with Crippen molar-refractivity contribution in [3.63, 3.8) is 0 Å². The number of unbranched alkanes of at least 4 members (excludes halogenated alkanes) is 44. The summed E-state index contributed by atoms with van der Waals surface area (Å²) in [4.78, 5) is 73.1. The molecule has 102 heavy (non-hydrogen) atoms. The van der Waals surface area contributed by atoms with Crippen LogP contribution in [0.3, 0.4) is 0 Å². The maximum absolute atomic E-state index is 13.1. The van der Waals surface area contributed by atoms with Crippen LogP contribution in [0.5, 0.6) is 0 Å². The summed E-state index contributed by atoms with van der Waals surface area (Å²) >= 11 is 0. The van der Waals surface area contributed by atoms with Crippen LogP contribution in [0.1, 0.15) is 428 Å². The molecule has 0 radical (unpaired) electrons. The summed E-state index contributed by atoms with van der Waals surface area (Å²) in [6.07, 6.45) is 59.7. The fourth-order valence-electron chi connectivity index (χ4n) is 12.7. The van der Waals surface area contributed by atoms with Gasteiger partial charge < -0.3 is 33.8 Å². The highest BCUT2D eigenvalue weighted by molar-refractivity contribution is 7.47. The molecule has 0 aromatic heterocycles. The Kier molecular flexibility index (Phi) is 70.6. The summed E-state index contributed by atoms with van der Waals surface area (Å²) in [6, 6.07) is 0. The number of aliphatic hydroxyl groups is 1. The van der Waals surface area contributed by atoms with E-state index in [1.807, 2.05) is 0 Å². The number of esters is 4. The lowest BCUT2D eigenvalue weighted by Gasteiger charge is -2.21. The van der Waals surface area contributed by atoms with Gasteiger partial charge in [-0.25, -0.2) is 9.13 Å². The van der Waals surface area contributed by atoms with Gasteiger partial charge in [0.15, 0.2) is 12.2 Å². The largest absolute Gasteiger partial charge is 0.472 e. The smallest absolute Gasteiger partial charge is 0.462 e. The topological polar surface area (TPSA) is 237 Å².